The third kappa shape index (κ3) is 5.35. The number of benzene rings is 3. The van der Waals surface area contributed by atoms with Crippen LogP contribution in [-0.4, -0.2) is 38.0 Å². The van der Waals surface area contributed by atoms with Crippen molar-refractivity contribution in [1.82, 2.24) is 4.90 Å². The lowest BCUT2D eigenvalue weighted by atomic mass is 10.00. The van der Waals surface area contributed by atoms with Crippen LogP contribution in [0.4, 0.5) is 4.79 Å². The number of rotatable bonds is 8. The molecule has 0 spiro atoms. The van der Waals surface area contributed by atoms with E-state index in [0.717, 1.165) is 10.5 Å². The van der Waals surface area contributed by atoms with Crippen molar-refractivity contribution in [3.63, 3.8) is 0 Å². The lowest BCUT2D eigenvalue weighted by molar-refractivity contribution is -0.131. The largest absolute Gasteiger partial charge is 0.447 e. The summed E-state index contributed by atoms with van der Waals surface area (Å²) in [5.41, 5.74) is 1.46. The summed E-state index contributed by atoms with van der Waals surface area (Å²) in [5.74, 6) is -1.29. The van der Waals surface area contributed by atoms with Crippen molar-refractivity contribution in [2.45, 2.75) is 30.7 Å². The molecule has 1 saturated heterocycles. The average molecular weight is 490 g/mol. The lowest BCUT2D eigenvalue weighted by Crippen LogP contribution is -2.43. The number of carbonyl (C=O) groups is 2. The molecular weight excluding hydrogens is 462 g/mol. The molecule has 0 saturated carbocycles. The van der Waals surface area contributed by atoms with Crippen molar-refractivity contribution in [2.24, 2.45) is 5.92 Å². The van der Waals surface area contributed by atoms with Crippen molar-refractivity contribution in [2.75, 3.05) is 6.61 Å². The molecule has 0 aromatic heterocycles. The lowest BCUT2D eigenvalue weighted by Gasteiger charge is -2.23. The van der Waals surface area contributed by atoms with Crippen LogP contribution in [0.2, 0.25) is 0 Å². The van der Waals surface area contributed by atoms with Crippen molar-refractivity contribution in [3.8, 4) is 0 Å². The molecule has 3 aromatic carbocycles. The van der Waals surface area contributed by atoms with Crippen LogP contribution in [0.1, 0.15) is 24.5 Å². The summed E-state index contributed by atoms with van der Waals surface area (Å²) in [5, 5.41) is 0. The number of amides is 2. The SMILES string of the molecule is CC[C@H](/C=C(/c1ccccc1)S(=O)(=O)c1ccccc1)C(=O)N1C(=O)OC[C@@H]1Cc1ccccc1. The van der Waals surface area contributed by atoms with Gasteiger partial charge in [0, 0.05) is 0 Å². The van der Waals surface area contributed by atoms with Crippen LogP contribution in [-0.2, 0) is 25.8 Å². The maximum atomic E-state index is 13.6. The number of cyclic esters (lactones) is 1. The van der Waals surface area contributed by atoms with Crippen LogP contribution < -0.4 is 0 Å². The normalized spacial score (nSPS) is 17.2. The third-order valence-electron chi connectivity index (χ3n) is 6.02. The van der Waals surface area contributed by atoms with E-state index in [-0.39, 0.29) is 16.4 Å². The zero-order valence-corrected chi connectivity index (χ0v) is 20.2. The van der Waals surface area contributed by atoms with Gasteiger partial charge in [-0.3, -0.25) is 4.79 Å². The van der Waals surface area contributed by atoms with Crippen LogP contribution >= 0.6 is 0 Å². The number of sulfone groups is 1. The van der Waals surface area contributed by atoms with Gasteiger partial charge >= 0.3 is 6.09 Å². The zero-order valence-electron chi connectivity index (χ0n) is 19.4. The molecule has 0 radical (unpaired) electrons. The minimum absolute atomic E-state index is 0.0386. The molecule has 2 amide bonds. The number of nitrogens with zero attached hydrogens (tertiary/aromatic N) is 1. The summed E-state index contributed by atoms with van der Waals surface area (Å²) in [4.78, 5) is 27.5. The van der Waals surface area contributed by atoms with E-state index in [1.807, 2.05) is 30.3 Å². The second-order valence-corrected chi connectivity index (χ2v) is 10.3. The topological polar surface area (TPSA) is 80.8 Å². The molecule has 180 valence electrons. The van der Waals surface area contributed by atoms with Gasteiger partial charge in [0.05, 0.1) is 21.8 Å². The van der Waals surface area contributed by atoms with Crippen LogP contribution in [0.5, 0.6) is 0 Å². The molecule has 7 heteroatoms. The third-order valence-corrected chi connectivity index (χ3v) is 7.87. The van der Waals surface area contributed by atoms with Crippen LogP contribution in [0.3, 0.4) is 0 Å². The first-order valence-corrected chi connectivity index (χ1v) is 13.0. The first-order chi connectivity index (χ1) is 16.9. The van der Waals surface area contributed by atoms with Crippen molar-refractivity contribution in [3.05, 3.63) is 108 Å². The molecule has 0 bridgehead atoms. The molecule has 1 aliphatic rings. The van der Waals surface area contributed by atoms with E-state index >= 15 is 0 Å². The molecule has 3 aromatic rings. The van der Waals surface area contributed by atoms with Crippen molar-refractivity contribution >= 4 is 26.7 Å². The van der Waals surface area contributed by atoms with Gasteiger partial charge in [-0.05, 0) is 36.1 Å². The van der Waals surface area contributed by atoms with Crippen LogP contribution in [0.25, 0.3) is 4.91 Å². The zero-order chi connectivity index (χ0) is 24.8. The van der Waals surface area contributed by atoms with Gasteiger partial charge in [0.1, 0.15) is 6.61 Å². The molecule has 35 heavy (non-hydrogen) atoms. The molecule has 1 heterocycles. The fraction of sp³-hybridized carbons (Fsp3) is 0.214. The Balaban J connectivity index is 1.71. The van der Waals surface area contributed by atoms with E-state index in [4.69, 9.17) is 4.74 Å². The molecule has 4 rings (SSSR count). The second kappa shape index (κ2) is 10.7. The number of hydrogen-bond donors (Lipinski definition) is 0. The summed E-state index contributed by atoms with van der Waals surface area (Å²) in [6, 6.07) is 25.9. The maximum absolute atomic E-state index is 13.6. The van der Waals surface area contributed by atoms with Gasteiger partial charge in [-0.25, -0.2) is 18.1 Å². The Morgan fingerprint density at radius 3 is 2.14 bits per heavy atom. The Kier molecular flexibility index (Phi) is 7.46. The number of hydrogen-bond acceptors (Lipinski definition) is 5. The highest BCUT2D eigenvalue weighted by atomic mass is 32.2. The Morgan fingerprint density at radius 1 is 0.971 bits per heavy atom. The Morgan fingerprint density at radius 2 is 1.54 bits per heavy atom. The van der Waals surface area contributed by atoms with Gasteiger partial charge in [0.15, 0.2) is 0 Å². The first kappa shape index (κ1) is 24.4. The molecule has 2 atom stereocenters. The van der Waals surface area contributed by atoms with Gasteiger partial charge in [-0.2, -0.15) is 0 Å². The Hall–Kier alpha value is -3.71. The summed E-state index contributed by atoms with van der Waals surface area (Å²) >= 11 is 0. The predicted molar refractivity (Wildman–Crippen MR) is 134 cm³/mol. The highest BCUT2D eigenvalue weighted by molar-refractivity contribution is 8.00. The fourth-order valence-electron chi connectivity index (χ4n) is 4.16. The van der Waals surface area contributed by atoms with Crippen molar-refractivity contribution < 1.29 is 22.7 Å². The number of carbonyl (C=O) groups excluding carboxylic acids is 2. The standard InChI is InChI=1S/C28H27NO5S/c1-2-22(27(30)29-24(20-34-28(29)31)18-21-12-6-3-7-13-21)19-26(23-14-8-4-9-15-23)35(32,33)25-16-10-5-11-17-25/h3-17,19,22,24H,2,18,20H2,1H3/b26-19-/t22-,24+/m1/s1. The van der Waals surface area contributed by atoms with E-state index in [9.17, 15) is 18.0 Å². The van der Waals surface area contributed by atoms with E-state index < -0.39 is 33.8 Å². The quantitative estimate of drug-likeness (QED) is 0.439. The first-order valence-electron chi connectivity index (χ1n) is 11.5. The summed E-state index contributed by atoms with van der Waals surface area (Å²) in [7, 11) is -3.92. The van der Waals surface area contributed by atoms with Gasteiger partial charge < -0.3 is 4.74 Å². The minimum atomic E-state index is -3.92. The number of ether oxygens (including phenoxy) is 1. The fourth-order valence-corrected chi connectivity index (χ4v) is 5.72. The van der Waals surface area contributed by atoms with Crippen molar-refractivity contribution in [1.29, 1.82) is 0 Å². The van der Waals surface area contributed by atoms with E-state index in [0.29, 0.717) is 18.4 Å². The maximum Gasteiger partial charge on any atom is 0.417 e. The molecular formula is C28H27NO5S. The highest BCUT2D eigenvalue weighted by Gasteiger charge is 2.40. The Labute approximate surface area is 205 Å². The summed E-state index contributed by atoms with van der Waals surface area (Å²) in [6.45, 7) is 1.90. The smallest absolute Gasteiger partial charge is 0.417 e. The summed E-state index contributed by atoms with van der Waals surface area (Å²) < 4.78 is 32.4. The monoisotopic (exact) mass is 489 g/mol. The van der Waals surface area contributed by atoms with Gasteiger partial charge in [-0.1, -0.05) is 91.9 Å². The molecule has 0 unspecified atom stereocenters. The van der Waals surface area contributed by atoms with Gasteiger partial charge in [-0.15, -0.1) is 0 Å². The summed E-state index contributed by atoms with van der Waals surface area (Å²) in [6.07, 6.45) is 1.56. The molecule has 1 aliphatic heterocycles. The molecule has 0 N–H and O–H groups in total. The van der Waals surface area contributed by atoms with Crippen LogP contribution in [0, 0.1) is 5.92 Å². The Bertz CT molecular complexity index is 1310. The predicted octanol–water partition coefficient (Wildman–Crippen LogP) is 5.12. The van der Waals surface area contributed by atoms with E-state index in [1.54, 1.807) is 55.5 Å². The minimum Gasteiger partial charge on any atom is -0.447 e. The van der Waals surface area contributed by atoms with E-state index in [1.165, 1.54) is 18.2 Å². The van der Waals surface area contributed by atoms with Gasteiger partial charge in [0.2, 0.25) is 15.7 Å². The molecule has 6 nitrogen and oxygen atoms in total. The molecule has 0 aliphatic carbocycles. The van der Waals surface area contributed by atoms with E-state index in [2.05, 4.69) is 0 Å². The van der Waals surface area contributed by atoms with Crippen LogP contribution in [0.15, 0.2) is 102 Å². The average Bonchev–Trinajstić information content (AvgIpc) is 3.25. The highest BCUT2D eigenvalue weighted by Crippen LogP contribution is 2.31. The van der Waals surface area contributed by atoms with Gasteiger partial charge in [0.25, 0.3) is 0 Å². The second-order valence-electron chi connectivity index (χ2n) is 8.36. The molecule has 1 fully saturated rings. The number of imide groups is 1.